The van der Waals surface area contributed by atoms with Crippen LogP contribution in [0, 0.1) is 0 Å². The van der Waals surface area contributed by atoms with E-state index in [2.05, 4.69) is 31.0 Å². The van der Waals surface area contributed by atoms with Crippen molar-refractivity contribution in [3.63, 3.8) is 0 Å². The first kappa shape index (κ1) is 20.9. The van der Waals surface area contributed by atoms with E-state index in [0.717, 1.165) is 17.2 Å². The summed E-state index contributed by atoms with van der Waals surface area (Å²) in [6.45, 7) is 4.71. The highest BCUT2D eigenvalue weighted by Crippen LogP contribution is 2.37. The van der Waals surface area contributed by atoms with Gasteiger partial charge in [0, 0.05) is 11.6 Å². The zero-order chi connectivity index (χ0) is 22.0. The average molecular weight is 421 g/mol. The highest BCUT2D eigenvalue weighted by Gasteiger charge is 2.33. The van der Waals surface area contributed by atoms with E-state index in [-0.39, 0.29) is 5.52 Å². The van der Waals surface area contributed by atoms with Crippen molar-refractivity contribution in [3.8, 4) is 16.9 Å². The van der Waals surface area contributed by atoms with Crippen molar-refractivity contribution < 1.29 is 17.9 Å². The summed E-state index contributed by atoms with van der Waals surface area (Å²) < 4.78 is 46.1. The van der Waals surface area contributed by atoms with Crippen molar-refractivity contribution in [1.82, 2.24) is 4.98 Å². The van der Waals surface area contributed by atoms with E-state index in [1.165, 1.54) is 17.8 Å². The van der Waals surface area contributed by atoms with Gasteiger partial charge in [0.25, 0.3) is 0 Å². The van der Waals surface area contributed by atoms with Crippen LogP contribution in [-0.2, 0) is 12.8 Å². The van der Waals surface area contributed by atoms with Gasteiger partial charge in [0.05, 0.1) is 11.1 Å². The number of fused-ring (bicyclic) bond motifs is 1. The van der Waals surface area contributed by atoms with Gasteiger partial charge in [-0.2, -0.15) is 13.2 Å². The summed E-state index contributed by atoms with van der Waals surface area (Å²) in [7, 11) is 0. The molecule has 5 heteroatoms. The number of hydrogen-bond donors (Lipinski definition) is 0. The average Bonchev–Trinajstić information content (AvgIpc) is 2.76. The van der Waals surface area contributed by atoms with E-state index in [0.29, 0.717) is 29.2 Å². The summed E-state index contributed by atoms with van der Waals surface area (Å²) in [6.07, 6.45) is -3.04. The molecule has 158 valence electrons. The fourth-order valence-electron chi connectivity index (χ4n) is 3.58. The Kier molecular flexibility index (Phi) is 5.68. The molecule has 1 aromatic heterocycles. The van der Waals surface area contributed by atoms with Gasteiger partial charge in [-0.1, -0.05) is 62.4 Å². The maximum absolute atomic E-state index is 13.4. The van der Waals surface area contributed by atoms with Crippen LogP contribution < -0.4 is 4.74 Å². The first-order valence-electron chi connectivity index (χ1n) is 10.1. The Hall–Kier alpha value is -3.34. The van der Waals surface area contributed by atoms with Gasteiger partial charge in [0.1, 0.15) is 12.4 Å². The lowest BCUT2D eigenvalue weighted by Gasteiger charge is -2.13. The molecule has 4 rings (SSSR count). The third-order valence-electron chi connectivity index (χ3n) is 5.27. The molecular weight excluding hydrogens is 399 g/mol. The van der Waals surface area contributed by atoms with Crippen LogP contribution in [0.1, 0.15) is 36.5 Å². The zero-order valence-corrected chi connectivity index (χ0v) is 17.3. The molecule has 4 aromatic rings. The van der Waals surface area contributed by atoms with Crippen LogP contribution >= 0.6 is 0 Å². The number of alkyl halides is 3. The second-order valence-electron chi connectivity index (χ2n) is 7.77. The van der Waals surface area contributed by atoms with Crippen molar-refractivity contribution in [2.75, 3.05) is 0 Å². The fraction of sp³-hybridized carbons (Fsp3) is 0.192. The lowest BCUT2D eigenvalue weighted by atomic mass is 9.99. The lowest BCUT2D eigenvalue weighted by molar-refractivity contribution is -0.136. The van der Waals surface area contributed by atoms with Crippen LogP contribution in [0.15, 0.2) is 79.0 Å². The molecule has 0 bridgehead atoms. The first-order valence-corrected chi connectivity index (χ1v) is 10.1. The molecule has 2 nitrogen and oxygen atoms in total. The maximum atomic E-state index is 13.4. The highest BCUT2D eigenvalue weighted by atomic mass is 19.4. The number of ether oxygens (including phenoxy) is 1. The summed E-state index contributed by atoms with van der Waals surface area (Å²) in [5.41, 5.74) is 3.00. The maximum Gasteiger partial charge on any atom is 0.418 e. The molecule has 0 saturated carbocycles. The Balaban J connectivity index is 1.62. The third-order valence-corrected chi connectivity index (χ3v) is 5.27. The van der Waals surface area contributed by atoms with Crippen LogP contribution in [-0.4, -0.2) is 4.98 Å². The van der Waals surface area contributed by atoms with E-state index in [1.54, 1.807) is 12.1 Å². The van der Waals surface area contributed by atoms with E-state index in [1.807, 2.05) is 36.4 Å². The standard InChI is InChI=1S/C26H22F3NO/c1-17(2)19-11-9-18(10-12-19)16-31-21-6-3-5-20(15-21)22-13-14-30-25-23(22)7-4-8-24(25)26(27,28)29/h3-15,17H,16H2,1-2H3. The predicted octanol–water partition coefficient (Wildman–Crippen LogP) is 7.62. The van der Waals surface area contributed by atoms with Crippen molar-refractivity contribution >= 4 is 10.9 Å². The van der Waals surface area contributed by atoms with Crippen molar-refractivity contribution in [3.05, 3.63) is 95.7 Å². The largest absolute Gasteiger partial charge is 0.489 e. The fourth-order valence-corrected chi connectivity index (χ4v) is 3.58. The topological polar surface area (TPSA) is 22.1 Å². The molecule has 0 aliphatic heterocycles. The lowest BCUT2D eigenvalue weighted by Crippen LogP contribution is -2.06. The number of rotatable bonds is 5. The van der Waals surface area contributed by atoms with Gasteiger partial charge in [0.2, 0.25) is 0 Å². The minimum absolute atomic E-state index is 0.0518. The Bertz CT molecular complexity index is 1200. The van der Waals surface area contributed by atoms with Crippen molar-refractivity contribution in [2.24, 2.45) is 0 Å². The van der Waals surface area contributed by atoms with Crippen LogP contribution in [0.4, 0.5) is 13.2 Å². The van der Waals surface area contributed by atoms with Gasteiger partial charge in [-0.05, 0) is 52.4 Å². The Morgan fingerprint density at radius 1 is 0.903 bits per heavy atom. The Morgan fingerprint density at radius 3 is 2.35 bits per heavy atom. The highest BCUT2D eigenvalue weighted by molar-refractivity contribution is 5.96. The number of halogens is 3. The number of para-hydroxylation sites is 1. The molecule has 0 N–H and O–H groups in total. The molecule has 1 heterocycles. The summed E-state index contributed by atoms with van der Waals surface area (Å²) in [5, 5.41) is 0.457. The van der Waals surface area contributed by atoms with E-state index in [4.69, 9.17) is 4.74 Å². The molecule has 31 heavy (non-hydrogen) atoms. The van der Waals surface area contributed by atoms with Crippen molar-refractivity contribution in [1.29, 1.82) is 0 Å². The van der Waals surface area contributed by atoms with Gasteiger partial charge in [-0.3, -0.25) is 4.98 Å². The molecule has 0 unspecified atom stereocenters. The third kappa shape index (κ3) is 4.55. The SMILES string of the molecule is CC(C)c1ccc(COc2cccc(-c3ccnc4c(C(F)(F)F)cccc34)c2)cc1. The summed E-state index contributed by atoms with van der Waals surface area (Å²) in [4.78, 5) is 4.00. The zero-order valence-electron chi connectivity index (χ0n) is 17.3. The van der Waals surface area contributed by atoms with Gasteiger partial charge in [-0.25, -0.2) is 0 Å². The van der Waals surface area contributed by atoms with Gasteiger partial charge in [0.15, 0.2) is 0 Å². The van der Waals surface area contributed by atoms with Gasteiger partial charge in [-0.15, -0.1) is 0 Å². The van der Waals surface area contributed by atoms with E-state index in [9.17, 15) is 13.2 Å². The number of hydrogen-bond acceptors (Lipinski definition) is 2. The first-order chi connectivity index (χ1) is 14.8. The summed E-state index contributed by atoms with van der Waals surface area (Å²) in [6, 6.07) is 21.5. The normalized spacial score (nSPS) is 11.8. The molecule has 3 aromatic carbocycles. The molecule has 0 fully saturated rings. The molecule has 0 spiro atoms. The quantitative estimate of drug-likeness (QED) is 0.331. The van der Waals surface area contributed by atoms with E-state index < -0.39 is 11.7 Å². The number of nitrogens with zero attached hydrogens (tertiary/aromatic N) is 1. The number of aromatic nitrogens is 1. The van der Waals surface area contributed by atoms with Gasteiger partial charge < -0.3 is 4.74 Å². The van der Waals surface area contributed by atoms with Crippen LogP contribution in [0.25, 0.3) is 22.0 Å². The van der Waals surface area contributed by atoms with Crippen molar-refractivity contribution in [2.45, 2.75) is 32.5 Å². The van der Waals surface area contributed by atoms with Crippen LogP contribution in [0.2, 0.25) is 0 Å². The minimum atomic E-state index is -4.46. The minimum Gasteiger partial charge on any atom is -0.489 e. The summed E-state index contributed by atoms with van der Waals surface area (Å²) in [5.74, 6) is 1.13. The molecule has 0 amide bonds. The molecule has 0 aliphatic carbocycles. The number of pyridine rings is 1. The van der Waals surface area contributed by atoms with Crippen LogP contribution in [0.3, 0.4) is 0 Å². The molecule has 0 aliphatic rings. The molecule has 0 atom stereocenters. The number of benzene rings is 3. The van der Waals surface area contributed by atoms with Crippen LogP contribution in [0.5, 0.6) is 5.75 Å². The molecule has 0 radical (unpaired) electrons. The monoisotopic (exact) mass is 421 g/mol. The predicted molar refractivity (Wildman–Crippen MR) is 117 cm³/mol. The van der Waals surface area contributed by atoms with E-state index >= 15 is 0 Å². The summed E-state index contributed by atoms with van der Waals surface area (Å²) >= 11 is 0. The second kappa shape index (κ2) is 8.42. The molecular formula is C26H22F3NO. The van der Waals surface area contributed by atoms with Gasteiger partial charge >= 0.3 is 6.18 Å². The Morgan fingerprint density at radius 2 is 1.65 bits per heavy atom. The molecule has 0 saturated heterocycles. The smallest absolute Gasteiger partial charge is 0.418 e. The Labute approximate surface area is 179 Å². The second-order valence-corrected chi connectivity index (χ2v) is 7.77.